The van der Waals surface area contributed by atoms with E-state index in [1.54, 1.807) is 36.4 Å². The first-order valence-corrected chi connectivity index (χ1v) is 4.92. The molecule has 0 unspecified atom stereocenters. The van der Waals surface area contributed by atoms with Gasteiger partial charge in [-0.25, -0.2) is 0 Å². The van der Waals surface area contributed by atoms with Crippen molar-refractivity contribution in [2.24, 2.45) is 5.73 Å². The summed E-state index contributed by atoms with van der Waals surface area (Å²) in [5.41, 5.74) is 7.35. The summed E-state index contributed by atoms with van der Waals surface area (Å²) in [6.07, 6.45) is 0. The van der Waals surface area contributed by atoms with Crippen molar-refractivity contribution in [1.29, 1.82) is 0 Å². The maximum Gasteiger partial charge on any atom is 0.252 e. The Bertz CT molecular complexity index is 544. The average molecular weight is 216 g/mol. The van der Waals surface area contributed by atoms with Crippen LogP contribution in [0.4, 0.5) is 0 Å². The van der Waals surface area contributed by atoms with Gasteiger partial charge in [0.05, 0.1) is 0 Å². The molecule has 1 aromatic heterocycles. The smallest absolute Gasteiger partial charge is 0.252 e. The van der Waals surface area contributed by atoms with Crippen molar-refractivity contribution in [3.63, 3.8) is 0 Å². The monoisotopic (exact) mass is 216 g/mol. The first-order chi connectivity index (χ1) is 7.70. The fourth-order valence-corrected chi connectivity index (χ4v) is 1.47. The van der Waals surface area contributed by atoms with Gasteiger partial charge < -0.3 is 15.8 Å². The van der Waals surface area contributed by atoms with Crippen LogP contribution in [0.3, 0.4) is 0 Å². The van der Waals surface area contributed by atoms with Crippen molar-refractivity contribution in [2.45, 2.75) is 6.54 Å². The maximum absolute atomic E-state index is 11.5. The van der Waals surface area contributed by atoms with Crippen LogP contribution in [0.2, 0.25) is 0 Å². The molecule has 0 bridgehead atoms. The summed E-state index contributed by atoms with van der Waals surface area (Å²) in [5, 5.41) is 9.15. The number of H-pyrrole nitrogens is 1. The highest BCUT2D eigenvalue weighted by Gasteiger charge is 2.01. The second-order valence-corrected chi connectivity index (χ2v) is 3.48. The molecule has 4 heteroatoms. The van der Waals surface area contributed by atoms with E-state index in [2.05, 4.69) is 4.98 Å². The molecule has 0 saturated carbocycles. The number of benzene rings is 1. The van der Waals surface area contributed by atoms with Crippen LogP contribution in [-0.2, 0) is 6.54 Å². The predicted molar refractivity (Wildman–Crippen MR) is 62.1 cm³/mol. The van der Waals surface area contributed by atoms with E-state index in [4.69, 9.17) is 10.8 Å². The highest BCUT2D eigenvalue weighted by molar-refractivity contribution is 5.59. The molecule has 0 saturated heterocycles. The highest BCUT2D eigenvalue weighted by atomic mass is 16.3. The molecule has 0 aliphatic heterocycles. The van der Waals surface area contributed by atoms with Crippen molar-refractivity contribution < 1.29 is 5.11 Å². The number of rotatable bonds is 2. The third-order valence-electron chi connectivity index (χ3n) is 2.39. The Hall–Kier alpha value is -2.07. The number of aromatic amines is 1. The molecule has 1 aromatic carbocycles. The van der Waals surface area contributed by atoms with E-state index in [0.717, 1.165) is 5.56 Å². The molecular formula is C12H12N2O2. The van der Waals surface area contributed by atoms with Crippen molar-refractivity contribution in [1.82, 2.24) is 4.98 Å². The Morgan fingerprint density at radius 2 is 1.81 bits per heavy atom. The fourth-order valence-electron chi connectivity index (χ4n) is 1.47. The first-order valence-electron chi connectivity index (χ1n) is 4.92. The quantitative estimate of drug-likeness (QED) is 0.705. The SMILES string of the molecule is NCc1ccc(-c2ccc(O)cc2)[nH]c1=O. The number of aromatic nitrogens is 1. The summed E-state index contributed by atoms with van der Waals surface area (Å²) in [7, 11) is 0. The Morgan fingerprint density at radius 3 is 2.38 bits per heavy atom. The molecule has 16 heavy (non-hydrogen) atoms. The normalized spacial score (nSPS) is 10.3. The predicted octanol–water partition coefficient (Wildman–Crippen LogP) is 1.21. The number of hydrogen-bond acceptors (Lipinski definition) is 3. The number of phenols is 1. The topological polar surface area (TPSA) is 79.1 Å². The van der Waals surface area contributed by atoms with Crippen molar-refractivity contribution in [3.05, 3.63) is 52.3 Å². The van der Waals surface area contributed by atoms with Crippen LogP contribution < -0.4 is 11.3 Å². The molecule has 0 radical (unpaired) electrons. The van der Waals surface area contributed by atoms with E-state index < -0.39 is 0 Å². The van der Waals surface area contributed by atoms with Crippen LogP contribution in [-0.4, -0.2) is 10.1 Å². The highest BCUT2D eigenvalue weighted by Crippen LogP contribution is 2.18. The van der Waals surface area contributed by atoms with Gasteiger partial charge in [0.2, 0.25) is 0 Å². The van der Waals surface area contributed by atoms with Crippen molar-refractivity contribution >= 4 is 0 Å². The Kier molecular flexibility index (Phi) is 2.74. The molecule has 82 valence electrons. The summed E-state index contributed by atoms with van der Waals surface area (Å²) in [6, 6.07) is 10.1. The van der Waals surface area contributed by atoms with Gasteiger partial charge in [-0.05, 0) is 35.9 Å². The van der Waals surface area contributed by atoms with E-state index in [1.165, 1.54) is 0 Å². The van der Waals surface area contributed by atoms with Gasteiger partial charge >= 0.3 is 0 Å². The lowest BCUT2D eigenvalue weighted by Gasteiger charge is -2.03. The van der Waals surface area contributed by atoms with Gasteiger partial charge in [-0.1, -0.05) is 6.07 Å². The molecule has 1 heterocycles. The zero-order valence-corrected chi connectivity index (χ0v) is 8.60. The van der Waals surface area contributed by atoms with Gasteiger partial charge in [-0.15, -0.1) is 0 Å². The van der Waals surface area contributed by atoms with Crippen LogP contribution in [0.1, 0.15) is 5.56 Å². The minimum atomic E-state index is -0.173. The molecule has 2 rings (SSSR count). The second kappa shape index (κ2) is 4.20. The molecule has 0 atom stereocenters. The van der Waals surface area contributed by atoms with Gasteiger partial charge in [0, 0.05) is 17.8 Å². The van der Waals surface area contributed by atoms with Crippen LogP contribution in [0.5, 0.6) is 5.75 Å². The van der Waals surface area contributed by atoms with Crippen LogP contribution in [0.25, 0.3) is 11.3 Å². The number of nitrogens with two attached hydrogens (primary N) is 1. The molecule has 0 amide bonds. The molecule has 0 spiro atoms. The van der Waals surface area contributed by atoms with Gasteiger partial charge in [-0.3, -0.25) is 4.79 Å². The average Bonchev–Trinajstić information content (AvgIpc) is 2.30. The number of aromatic hydroxyl groups is 1. The zero-order chi connectivity index (χ0) is 11.5. The number of nitrogens with one attached hydrogen (secondary N) is 1. The summed E-state index contributed by atoms with van der Waals surface area (Å²) in [5.74, 6) is 0.199. The van der Waals surface area contributed by atoms with Crippen LogP contribution in [0.15, 0.2) is 41.2 Å². The van der Waals surface area contributed by atoms with Gasteiger partial charge in [-0.2, -0.15) is 0 Å². The first kappa shape index (κ1) is 10.4. The summed E-state index contributed by atoms with van der Waals surface area (Å²) < 4.78 is 0. The standard InChI is InChI=1S/C12H12N2O2/c13-7-9-3-6-11(14-12(9)16)8-1-4-10(15)5-2-8/h1-6,15H,7,13H2,(H,14,16). The van der Waals surface area contributed by atoms with Crippen LogP contribution >= 0.6 is 0 Å². The number of phenolic OH excluding ortho intramolecular Hbond substituents is 1. The lowest BCUT2D eigenvalue weighted by molar-refractivity contribution is 0.475. The number of pyridine rings is 1. The molecular weight excluding hydrogens is 204 g/mol. The molecule has 0 fully saturated rings. The van der Waals surface area contributed by atoms with E-state index in [0.29, 0.717) is 11.3 Å². The molecule has 2 aromatic rings. The van der Waals surface area contributed by atoms with E-state index in [9.17, 15) is 4.79 Å². The molecule has 4 nitrogen and oxygen atoms in total. The summed E-state index contributed by atoms with van der Waals surface area (Å²) in [4.78, 5) is 14.3. The lowest BCUT2D eigenvalue weighted by Crippen LogP contribution is -2.15. The van der Waals surface area contributed by atoms with Gasteiger partial charge in [0.1, 0.15) is 5.75 Å². The lowest BCUT2D eigenvalue weighted by atomic mass is 10.1. The molecule has 0 aliphatic carbocycles. The summed E-state index contributed by atoms with van der Waals surface area (Å²) in [6.45, 7) is 0.227. The maximum atomic E-state index is 11.5. The van der Waals surface area contributed by atoms with E-state index in [-0.39, 0.29) is 17.9 Å². The minimum Gasteiger partial charge on any atom is -0.508 e. The Morgan fingerprint density at radius 1 is 1.12 bits per heavy atom. The third kappa shape index (κ3) is 1.97. The molecule has 4 N–H and O–H groups in total. The van der Waals surface area contributed by atoms with Crippen LogP contribution in [0, 0.1) is 0 Å². The number of hydrogen-bond donors (Lipinski definition) is 3. The fraction of sp³-hybridized carbons (Fsp3) is 0.0833. The molecule has 0 aliphatic rings. The Balaban J connectivity index is 2.45. The Labute approximate surface area is 92.4 Å². The van der Waals surface area contributed by atoms with Gasteiger partial charge in [0.15, 0.2) is 0 Å². The van der Waals surface area contributed by atoms with Gasteiger partial charge in [0.25, 0.3) is 5.56 Å². The largest absolute Gasteiger partial charge is 0.508 e. The third-order valence-corrected chi connectivity index (χ3v) is 2.39. The summed E-state index contributed by atoms with van der Waals surface area (Å²) >= 11 is 0. The zero-order valence-electron chi connectivity index (χ0n) is 8.60. The second-order valence-electron chi connectivity index (χ2n) is 3.48. The van der Waals surface area contributed by atoms with E-state index in [1.807, 2.05) is 0 Å². The minimum absolute atomic E-state index is 0.173. The van der Waals surface area contributed by atoms with Crippen molar-refractivity contribution in [3.8, 4) is 17.0 Å². The van der Waals surface area contributed by atoms with E-state index >= 15 is 0 Å². The van der Waals surface area contributed by atoms with Crippen molar-refractivity contribution in [2.75, 3.05) is 0 Å².